The number of benzene rings is 3. The number of aryl methyl sites for hydroxylation is 1. The van der Waals surface area contributed by atoms with Gasteiger partial charge < -0.3 is 5.32 Å². The molecule has 1 N–H and O–H groups in total. The summed E-state index contributed by atoms with van der Waals surface area (Å²) >= 11 is 1.54. The van der Waals surface area contributed by atoms with Crippen LogP contribution in [0, 0.1) is 6.92 Å². The van der Waals surface area contributed by atoms with Crippen LogP contribution in [0.25, 0.3) is 0 Å². The minimum Gasteiger partial charge on any atom is -0.344 e. The van der Waals surface area contributed by atoms with Crippen molar-refractivity contribution in [1.82, 2.24) is 9.62 Å². The summed E-state index contributed by atoms with van der Waals surface area (Å²) in [6.07, 6.45) is 1.93. The van der Waals surface area contributed by atoms with Crippen LogP contribution in [0.5, 0.6) is 0 Å². The molecule has 1 amide bonds. The zero-order chi connectivity index (χ0) is 22.4. The van der Waals surface area contributed by atoms with Crippen molar-refractivity contribution in [2.75, 3.05) is 19.8 Å². The summed E-state index contributed by atoms with van der Waals surface area (Å²) in [4.78, 5) is 14.0. The van der Waals surface area contributed by atoms with Gasteiger partial charge in [-0.15, -0.1) is 11.8 Å². The quantitative estimate of drug-likeness (QED) is 0.517. The first-order valence-corrected chi connectivity index (χ1v) is 12.5. The molecule has 0 unspecified atom stereocenters. The van der Waals surface area contributed by atoms with E-state index in [1.807, 2.05) is 67.8 Å². The zero-order valence-corrected chi connectivity index (χ0v) is 19.4. The van der Waals surface area contributed by atoms with Crippen molar-refractivity contribution in [3.8, 4) is 0 Å². The number of amides is 1. The maximum atomic E-state index is 12.9. The summed E-state index contributed by atoms with van der Waals surface area (Å²) in [6.45, 7) is 1.72. The monoisotopic (exact) mass is 454 g/mol. The zero-order valence-electron chi connectivity index (χ0n) is 17.8. The molecule has 1 atom stereocenters. The Morgan fingerprint density at radius 1 is 0.968 bits per heavy atom. The van der Waals surface area contributed by atoms with Gasteiger partial charge in [0.15, 0.2) is 0 Å². The van der Waals surface area contributed by atoms with Crippen molar-refractivity contribution < 1.29 is 13.2 Å². The number of hydrogen-bond acceptors (Lipinski definition) is 4. The molecule has 0 fully saturated rings. The minimum atomic E-state index is -3.77. The van der Waals surface area contributed by atoms with Gasteiger partial charge in [-0.1, -0.05) is 60.2 Å². The average Bonchev–Trinajstić information content (AvgIpc) is 2.78. The summed E-state index contributed by atoms with van der Waals surface area (Å²) in [5.74, 6) is -0.373. The molecule has 0 saturated heterocycles. The third-order valence-corrected chi connectivity index (χ3v) is 7.51. The Balaban J connectivity index is 1.78. The van der Waals surface area contributed by atoms with Crippen LogP contribution in [-0.2, 0) is 14.8 Å². The van der Waals surface area contributed by atoms with Crippen molar-refractivity contribution in [3.05, 3.63) is 95.6 Å². The molecule has 0 saturated carbocycles. The van der Waals surface area contributed by atoms with E-state index in [0.717, 1.165) is 25.9 Å². The molecule has 0 aliphatic rings. The van der Waals surface area contributed by atoms with E-state index in [4.69, 9.17) is 0 Å². The van der Waals surface area contributed by atoms with Crippen LogP contribution < -0.4 is 5.32 Å². The molecular weight excluding hydrogens is 428 g/mol. The smallest absolute Gasteiger partial charge is 0.243 e. The molecule has 31 heavy (non-hydrogen) atoms. The molecule has 0 radical (unpaired) electrons. The molecule has 0 aliphatic carbocycles. The molecule has 3 aromatic carbocycles. The molecule has 7 heteroatoms. The number of carbonyl (C=O) groups is 1. The van der Waals surface area contributed by atoms with Crippen LogP contribution in [-0.4, -0.2) is 38.5 Å². The molecule has 0 aliphatic heterocycles. The van der Waals surface area contributed by atoms with Crippen molar-refractivity contribution in [2.24, 2.45) is 0 Å². The van der Waals surface area contributed by atoms with Gasteiger partial charge in [0, 0.05) is 11.9 Å². The number of likely N-dealkylation sites (N-methyl/N-ethyl adjacent to an activating group) is 1. The lowest BCUT2D eigenvalue weighted by atomic mass is 9.97. The van der Waals surface area contributed by atoms with E-state index in [1.54, 1.807) is 24.3 Å². The van der Waals surface area contributed by atoms with Crippen molar-refractivity contribution in [2.45, 2.75) is 22.8 Å². The van der Waals surface area contributed by atoms with E-state index in [9.17, 15) is 13.2 Å². The third-order valence-electron chi connectivity index (χ3n) is 4.95. The Hall–Kier alpha value is -2.61. The molecule has 5 nitrogen and oxygen atoms in total. The number of nitrogens with zero attached hydrogens (tertiary/aromatic N) is 1. The third kappa shape index (κ3) is 5.76. The molecule has 162 valence electrons. The SMILES string of the molecule is CSc1ccc(S(=O)(=O)N(C)CC(=O)N[C@@H](c2ccccc2)c2cccc(C)c2)cc1. The van der Waals surface area contributed by atoms with Crippen LogP contribution in [0.3, 0.4) is 0 Å². The number of sulfonamides is 1. The number of rotatable bonds is 8. The second kappa shape index (κ2) is 10.1. The molecule has 0 heterocycles. The van der Waals surface area contributed by atoms with E-state index in [1.165, 1.54) is 18.8 Å². The molecular formula is C24H26N2O3S2. The fourth-order valence-electron chi connectivity index (χ4n) is 3.28. The largest absolute Gasteiger partial charge is 0.344 e. The fraction of sp³-hybridized carbons (Fsp3) is 0.208. The predicted octanol–water partition coefficient (Wildman–Crippen LogP) is 4.24. The maximum Gasteiger partial charge on any atom is 0.243 e. The lowest BCUT2D eigenvalue weighted by Crippen LogP contribution is -2.40. The standard InChI is InChI=1S/C24H26N2O3S2/c1-18-8-7-11-20(16-18)24(19-9-5-4-6-10-19)25-23(27)17-26(2)31(28,29)22-14-12-21(30-3)13-15-22/h4-16,24H,17H2,1-3H3,(H,25,27)/t24-/m0/s1. The molecule has 0 aromatic heterocycles. The normalized spacial score (nSPS) is 12.5. The first kappa shape index (κ1) is 23.1. The average molecular weight is 455 g/mol. The first-order chi connectivity index (χ1) is 14.8. The fourth-order valence-corrected chi connectivity index (χ4v) is 4.81. The van der Waals surface area contributed by atoms with Crippen LogP contribution >= 0.6 is 11.8 Å². The van der Waals surface area contributed by atoms with Gasteiger partial charge in [0.2, 0.25) is 15.9 Å². The molecule has 0 spiro atoms. The van der Waals surface area contributed by atoms with Gasteiger partial charge in [0.1, 0.15) is 0 Å². The lowest BCUT2D eigenvalue weighted by Gasteiger charge is -2.22. The summed E-state index contributed by atoms with van der Waals surface area (Å²) < 4.78 is 26.8. The van der Waals surface area contributed by atoms with Crippen LogP contribution in [0.2, 0.25) is 0 Å². The van der Waals surface area contributed by atoms with Crippen molar-refractivity contribution in [1.29, 1.82) is 0 Å². The first-order valence-electron chi connectivity index (χ1n) is 9.82. The van der Waals surface area contributed by atoms with Gasteiger partial charge in [-0.25, -0.2) is 8.42 Å². The number of hydrogen-bond donors (Lipinski definition) is 1. The van der Waals surface area contributed by atoms with E-state index >= 15 is 0 Å². The maximum absolute atomic E-state index is 12.9. The topological polar surface area (TPSA) is 66.5 Å². The highest BCUT2D eigenvalue weighted by Gasteiger charge is 2.25. The summed E-state index contributed by atoms with van der Waals surface area (Å²) in [6, 6.07) is 23.8. The number of carbonyl (C=O) groups excluding carboxylic acids is 1. The Bertz CT molecular complexity index is 1130. The highest BCUT2D eigenvalue weighted by Crippen LogP contribution is 2.23. The Morgan fingerprint density at radius 2 is 1.61 bits per heavy atom. The lowest BCUT2D eigenvalue weighted by molar-refractivity contribution is -0.121. The minimum absolute atomic E-state index is 0.166. The Morgan fingerprint density at radius 3 is 2.23 bits per heavy atom. The predicted molar refractivity (Wildman–Crippen MR) is 126 cm³/mol. The summed E-state index contributed by atoms with van der Waals surface area (Å²) in [5, 5.41) is 3.00. The Kier molecular flexibility index (Phi) is 7.54. The number of nitrogens with one attached hydrogen (secondary N) is 1. The molecule has 3 rings (SSSR count). The van der Waals surface area contributed by atoms with E-state index in [0.29, 0.717) is 0 Å². The van der Waals surface area contributed by atoms with Gasteiger partial charge >= 0.3 is 0 Å². The highest BCUT2D eigenvalue weighted by atomic mass is 32.2. The van der Waals surface area contributed by atoms with Gasteiger partial charge in [0.25, 0.3) is 0 Å². The highest BCUT2D eigenvalue weighted by molar-refractivity contribution is 7.98. The van der Waals surface area contributed by atoms with Crippen LogP contribution in [0.4, 0.5) is 0 Å². The molecule has 3 aromatic rings. The number of thioether (sulfide) groups is 1. The summed E-state index contributed by atoms with van der Waals surface area (Å²) in [7, 11) is -2.35. The summed E-state index contributed by atoms with van der Waals surface area (Å²) in [5.41, 5.74) is 2.96. The van der Waals surface area contributed by atoms with Gasteiger partial charge in [-0.2, -0.15) is 4.31 Å². The van der Waals surface area contributed by atoms with Crippen molar-refractivity contribution in [3.63, 3.8) is 0 Å². The van der Waals surface area contributed by atoms with Gasteiger partial charge in [-0.05, 0) is 48.6 Å². The second-order valence-corrected chi connectivity index (χ2v) is 10.2. The van der Waals surface area contributed by atoms with Gasteiger partial charge in [-0.3, -0.25) is 4.79 Å². The van der Waals surface area contributed by atoms with Gasteiger partial charge in [0.05, 0.1) is 17.5 Å². The van der Waals surface area contributed by atoms with E-state index < -0.39 is 10.0 Å². The van der Waals surface area contributed by atoms with E-state index in [-0.39, 0.29) is 23.4 Å². The molecule has 0 bridgehead atoms. The second-order valence-electron chi connectivity index (χ2n) is 7.26. The van der Waals surface area contributed by atoms with Crippen LogP contribution in [0.1, 0.15) is 22.7 Å². The van der Waals surface area contributed by atoms with Crippen molar-refractivity contribution >= 4 is 27.7 Å². The Labute approximate surface area is 188 Å². The van der Waals surface area contributed by atoms with E-state index in [2.05, 4.69) is 5.32 Å². The van der Waals surface area contributed by atoms with Crippen LogP contribution in [0.15, 0.2) is 88.7 Å².